The number of nitrogens with zero attached hydrogens (tertiary/aromatic N) is 2. The van der Waals surface area contributed by atoms with Gasteiger partial charge in [0.05, 0.1) is 0 Å². The SMILES string of the molecule is CC(C)N1[C@H](C)[C@H](C)C2[C@@H]3[C@H](C)[C@H](C)N(C(C)C)[C@@H]3[C@@H]21. The maximum absolute atomic E-state index is 2.84. The second-order valence-electron chi connectivity index (χ2n) is 8.42. The predicted octanol–water partition coefficient (Wildman–Crippen LogP) is 3.47. The van der Waals surface area contributed by atoms with E-state index in [0.717, 1.165) is 47.8 Å². The molecule has 0 spiro atoms. The number of likely N-dealkylation sites (tertiary alicyclic amines) is 2. The second-order valence-corrected chi connectivity index (χ2v) is 8.42. The van der Waals surface area contributed by atoms with Crippen LogP contribution < -0.4 is 0 Å². The molecule has 0 aromatic rings. The van der Waals surface area contributed by atoms with Crippen LogP contribution in [0, 0.1) is 23.7 Å². The number of rotatable bonds is 2. The predicted molar refractivity (Wildman–Crippen MR) is 85.8 cm³/mol. The molecule has 2 heterocycles. The van der Waals surface area contributed by atoms with E-state index in [-0.39, 0.29) is 0 Å². The fourth-order valence-corrected chi connectivity index (χ4v) is 6.20. The third kappa shape index (κ3) is 1.64. The Morgan fingerprint density at radius 3 is 1.15 bits per heavy atom. The fourth-order valence-electron chi connectivity index (χ4n) is 6.20. The van der Waals surface area contributed by atoms with Gasteiger partial charge >= 0.3 is 0 Å². The van der Waals surface area contributed by atoms with E-state index in [1.54, 1.807) is 0 Å². The summed E-state index contributed by atoms with van der Waals surface area (Å²) < 4.78 is 0. The molecule has 8 atom stereocenters. The summed E-state index contributed by atoms with van der Waals surface area (Å²) in [6, 6.07) is 4.52. The van der Waals surface area contributed by atoms with E-state index >= 15 is 0 Å². The molecule has 1 saturated carbocycles. The second kappa shape index (κ2) is 4.71. The van der Waals surface area contributed by atoms with Crippen LogP contribution in [0.4, 0.5) is 0 Å². The smallest absolute Gasteiger partial charge is 0.0295 e. The summed E-state index contributed by atoms with van der Waals surface area (Å²) in [7, 11) is 0. The van der Waals surface area contributed by atoms with E-state index in [4.69, 9.17) is 0 Å². The molecule has 0 aromatic carbocycles. The number of fused-ring (bicyclic) bond motifs is 4. The van der Waals surface area contributed by atoms with Crippen LogP contribution in [-0.2, 0) is 0 Å². The maximum atomic E-state index is 2.84. The highest BCUT2D eigenvalue weighted by Gasteiger charge is 2.68. The highest BCUT2D eigenvalue weighted by Crippen LogP contribution is 2.60. The molecule has 1 aliphatic carbocycles. The first kappa shape index (κ1) is 14.8. The Bertz CT molecular complexity index is 342. The van der Waals surface area contributed by atoms with Crippen molar-refractivity contribution >= 4 is 0 Å². The monoisotopic (exact) mass is 278 g/mol. The topological polar surface area (TPSA) is 6.48 Å². The van der Waals surface area contributed by atoms with Gasteiger partial charge in [-0.3, -0.25) is 9.80 Å². The van der Waals surface area contributed by atoms with Crippen molar-refractivity contribution in [1.29, 1.82) is 0 Å². The normalized spacial score (nSPS) is 52.5. The van der Waals surface area contributed by atoms with E-state index in [1.807, 2.05) is 0 Å². The Labute approximate surface area is 125 Å². The number of hydrogen-bond acceptors (Lipinski definition) is 2. The third-order valence-corrected chi connectivity index (χ3v) is 7.14. The Morgan fingerprint density at radius 1 is 0.600 bits per heavy atom. The van der Waals surface area contributed by atoms with Crippen molar-refractivity contribution < 1.29 is 0 Å². The van der Waals surface area contributed by atoms with Gasteiger partial charge in [-0.05, 0) is 65.2 Å². The molecular weight excluding hydrogens is 244 g/mol. The lowest BCUT2D eigenvalue weighted by Crippen LogP contribution is -2.65. The van der Waals surface area contributed by atoms with Gasteiger partial charge in [0, 0.05) is 36.3 Å². The Morgan fingerprint density at radius 2 is 0.900 bits per heavy atom. The molecule has 3 aliphatic rings. The molecule has 0 radical (unpaired) electrons. The standard InChI is InChI=1S/C18H34N2/c1-9(2)19-13(7)11(5)15-16-12(6)14(8)20(10(3)4)18(16)17(15)19/h9-18H,1-8H3/t11-,12+,13+,14-,15+,16?,17+,18-/m1/s1. The molecule has 2 heteroatoms. The molecule has 2 aliphatic heterocycles. The summed E-state index contributed by atoms with van der Waals surface area (Å²) in [5.41, 5.74) is 0. The molecule has 0 bridgehead atoms. The molecule has 3 rings (SSSR count). The first-order valence-electron chi connectivity index (χ1n) is 8.83. The van der Waals surface area contributed by atoms with Crippen molar-refractivity contribution in [1.82, 2.24) is 9.80 Å². The van der Waals surface area contributed by atoms with E-state index in [9.17, 15) is 0 Å². The maximum Gasteiger partial charge on any atom is 0.0295 e. The molecule has 116 valence electrons. The van der Waals surface area contributed by atoms with Crippen LogP contribution in [0.1, 0.15) is 55.4 Å². The van der Waals surface area contributed by atoms with Gasteiger partial charge < -0.3 is 0 Å². The quantitative estimate of drug-likeness (QED) is 0.763. The van der Waals surface area contributed by atoms with E-state index in [1.165, 1.54) is 0 Å². The van der Waals surface area contributed by atoms with Crippen LogP contribution in [-0.4, -0.2) is 46.1 Å². The average molecular weight is 278 g/mol. The summed E-state index contributed by atoms with van der Waals surface area (Å²) in [4.78, 5) is 5.69. The molecular formula is C18H34N2. The minimum atomic E-state index is 0.684. The minimum Gasteiger partial charge on any atom is -0.293 e. The highest BCUT2D eigenvalue weighted by molar-refractivity contribution is 5.21. The lowest BCUT2D eigenvalue weighted by Gasteiger charge is -2.54. The van der Waals surface area contributed by atoms with Crippen molar-refractivity contribution in [2.75, 3.05) is 0 Å². The molecule has 0 N–H and O–H groups in total. The van der Waals surface area contributed by atoms with Gasteiger partial charge in [-0.25, -0.2) is 0 Å². The number of hydrogen-bond donors (Lipinski definition) is 0. The third-order valence-electron chi connectivity index (χ3n) is 7.14. The zero-order valence-electron chi connectivity index (χ0n) is 14.7. The summed E-state index contributed by atoms with van der Waals surface area (Å²) in [6.45, 7) is 19.5. The van der Waals surface area contributed by atoms with Crippen LogP contribution in [0.5, 0.6) is 0 Å². The summed E-state index contributed by atoms with van der Waals surface area (Å²) in [5, 5.41) is 0. The van der Waals surface area contributed by atoms with Crippen molar-refractivity contribution in [3.63, 3.8) is 0 Å². The molecule has 0 aromatic heterocycles. The molecule has 20 heavy (non-hydrogen) atoms. The molecule has 2 saturated heterocycles. The molecule has 3 fully saturated rings. The Kier molecular flexibility index (Phi) is 3.49. The first-order chi connectivity index (χ1) is 9.29. The van der Waals surface area contributed by atoms with Crippen molar-refractivity contribution in [3.05, 3.63) is 0 Å². The molecule has 0 amide bonds. The van der Waals surface area contributed by atoms with Gasteiger partial charge in [0.15, 0.2) is 0 Å². The van der Waals surface area contributed by atoms with E-state index in [2.05, 4.69) is 65.2 Å². The van der Waals surface area contributed by atoms with E-state index in [0.29, 0.717) is 12.1 Å². The fraction of sp³-hybridized carbons (Fsp3) is 1.00. The van der Waals surface area contributed by atoms with Crippen LogP contribution in [0.2, 0.25) is 0 Å². The lowest BCUT2D eigenvalue weighted by atomic mass is 9.59. The van der Waals surface area contributed by atoms with Gasteiger partial charge in [0.2, 0.25) is 0 Å². The van der Waals surface area contributed by atoms with Gasteiger partial charge in [-0.2, -0.15) is 0 Å². The average Bonchev–Trinajstić information content (AvgIpc) is 2.68. The molecule has 1 unspecified atom stereocenters. The van der Waals surface area contributed by atoms with E-state index < -0.39 is 0 Å². The van der Waals surface area contributed by atoms with Crippen LogP contribution in [0.3, 0.4) is 0 Å². The summed E-state index contributed by atoms with van der Waals surface area (Å²) in [5.74, 6) is 3.62. The summed E-state index contributed by atoms with van der Waals surface area (Å²) in [6.07, 6.45) is 0. The van der Waals surface area contributed by atoms with Crippen molar-refractivity contribution in [3.8, 4) is 0 Å². The highest BCUT2D eigenvalue weighted by atomic mass is 15.4. The van der Waals surface area contributed by atoms with Crippen LogP contribution >= 0.6 is 0 Å². The van der Waals surface area contributed by atoms with Crippen molar-refractivity contribution in [2.24, 2.45) is 23.7 Å². The van der Waals surface area contributed by atoms with Crippen molar-refractivity contribution in [2.45, 2.75) is 91.6 Å². The molecule has 2 nitrogen and oxygen atoms in total. The zero-order valence-corrected chi connectivity index (χ0v) is 14.7. The Hall–Kier alpha value is -0.0800. The largest absolute Gasteiger partial charge is 0.293 e. The van der Waals surface area contributed by atoms with Gasteiger partial charge in [0.25, 0.3) is 0 Å². The van der Waals surface area contributed by atoms with Crippen LogP contribution in [0.15, 0.2) is 0 Å². The van der Waals surface area contributed by atoms with Crippen LogP contribution in [0.25, 0.3) is 0 Å². The Balaban J connectivity index is 1.94. The van der Waals surface area contributed by atoms with Gasteiger partial charge in [-0.15, -0.1) is 0 Å². The lowest BCUT2D eigenvalue weighted by molar-refractivity contribution is -0.0474. The van der Waals surface area contributed by atoms with Gasteiger partial charge in [0.1, 0.15) is 0 Å². The summed E-state index contributed by atoms with van der Waals surface area (Å²) >= 11 is 0. The minimum absolute atomic E-state index is 0.684. The van der Waals surface area contributed by atoms with Gasteiger partial charge in [-0.1, -0.05) is 13.8 Å². The first-order valence-corrected chi connectivity index (χ1v) is 8.83. The zero-order chi connectivity index (χ0) is 14.9.